The van der Waals surface area contributed by atoms with Gasteiger partial charge >= 0.3 is 29.6 Å². The van der Waals surface area contributed by atoms with Crippen LogP contribution in [-0.4, -0.2) is 25.8 Å². The van der Waals surface area contributed by atoms with Gasteiger partial charge < -0.3 is 19.4 Å². The molecule has 0 amide bonds. The Labute approximate surface area is 121 Å². The van der Waals surface area contributed by atoms with Crippen molar-refractivity contribution in [3.05, 3.63) is 34.9 Å². The van der Waals surface area contributed by atoms with E-state index >= 15 is 0 Å². The zero-order chi connectivity index (χ0) is 11.2. The van der Waals surface area contributed by atoms with Crippen LogP contribution >= 0.6 is 0 Å². The van der Waals surface area contributed by atoms with E-state index in [2.05, 4.69) is 0 Å². The minimum absolute atomic E-state index is 0. The molecule has 84 valence electrons. The smallest absolute Gasteiger partial charge is 0.545 e. The number of carboxylic acids is 1. The standard InChI is InChI=1S/C12H12O4.Na/c13-11(14)8-1-2-9-4-15-5-12(6-16-7-12)10(9)3-8;/h1-3H,4-7H2,(H,13,14);/q;+1/p-1. The molecule has 0 bridgehead atoms. The van der Waals surface area contributed by atoms with E-state index in [1.54, 1.807) is 18.2 Å². The molecule has 0 saturated carbocycles. The molecule has 0 aliphatic carbocycles. The summed E-state index contributed by atoms with van der Waals surface area (Å²) in [6, 6.07) is 5.07. The number of carboxylic acid groups (broad SMARTS) is 1. The van der Waals surface area contributed by atoms with Gasteiger partial charge in [-0.15, -0.1) is 0 Å². The van der Waals surface area contributed by atoms with Gasteiger partial charge in [0.2, 0.25) is 0 Å². The molecule has 1 fully saturated rings. The zero-order valence-corrected chi connectivity index (χ0v) is 11.7. The molecule has 1 spiro atoms. The molecule has 0 aromatic heterocycles. The first-order chi connectivity index (χ1) is 7.71. The zero-order valence-electron chi connectivity index (χ0n) is 9.69. The van der Waals surface area contributed by atoms with Gasteiger partial charge in [0.1, 0.15) is 0 Å². The van der Waals surface area contributed by atoms with Crippen molar-refractivity contribution >= 4 is 5.97 Å². The first-order valence-corrected chi connectivity index (χ1v) is 5.22. The number of carbonyl (C=O) groups is 1. The van der Waals surface area contributed by atoms with Crippen LogP contribution in [-0.2, 0) is 21.5 Å². The first-order valence-electron chi connectivity index (χ1n) is 5.22. The van der Waals surface area contributed by atoms with Crippen molar-refractivity contribution in [2.45, 2.75) is 12.0 Å². The first kappa shape index (κ1) is 13.1. The van der Waals surface area contributed by atoms with Crippen molar-refractivity contribution in [3.63, 3.8) is 0 Å². The minimum Gasteiger partial charge on any atom is -0.545 e. The van der Waals surface area contributed by atoms with Crippen LogP contribution in [0.3, 0.4) is 0 Å². The van der Waals surface area contributed by atoms with Crippen LogP contribution in [0.15, 0.2) is 18.2 Å². The van der Waals surface area contributed by atoms with Crippen LogP contribution in [0.4, 0.5) is 0 Å². The van der Waals surface area contributed by atoms with Gasteiger partial charge in [-0.1, -0.05) is 12.1 Å². The van der Waals surface area contributed by atoms with E-state index in [1.165, 1.54) is 0 Å². The summed E-state index contributed by atoms with van der Waals surface area (Å²) in [5.74, 6) is -1.13. The fourth-order valence-electron chi connectivity index (χ4n) is 2.34. The predicted molar refractivity (Wildman–Crippen MR) is 52.9 cm³/mol. The van der Waals surface area contributed by atoms with Crippen LogP contribution < -0.4 is 34.7 Å². The van der Waals surface area contributed by atoms with Gasteiger partial charge in [-0.2, -0.15) is 0 Å². The number of carbonyl (C=O) groups excluding carboxylic acids is 1. The van der Waals surface area contributed by atoms with E-state index in [-0.39, 0.29) is 40.5 Å². The number of fused-ring (bicyclic) bond motifs is 2. The van der Waals surface area contributed by atoms with E-state index in [4.69, 9.17) is 9.47 Å². The molecule has 1 aromatic carbocycles. The predicted octanol–water partition coefficient (Wildman–Crippen LogP) is -3.15. The largest absolute Gasteiger partial charge is 1.00 e. The molecular weight excluding hydrogens is 231 g/mol. The van der Waals surface area contributed by atoms with Crippen LogP contribution in [0.5, 0.6) is 0 Å². The molecule has 2 aliphatic heterocycles. The Hall–Kier alpha value is -0.390. The van der Waals surface area contributed by atoms with Gasteiger partial charge in [0.15, 0.2) is 0 Å². The third-order valence-corrected chi connectivity index (χ3v) is 3.31. The number of benzene rings is 1. The molecule has 5 heteroatoms. The van der Waals surface area contributed by atoms with E-state index in [9.17, 15) is 9.90 Å². The molecule has 2 aliphatic rings. The third-order valence-electron chi connectivity index (χ3n) is 3.31. The van der Waals surface area contributed by atoms with Crippen molar-refractivity contribution in [3.8, 4) is 0 Å². The number of rotatable bonds is 1. The van der Waals surface area contributed by atoms with Gasteiger partial charge in [0, 0.05) is 0 Å². The summed E-state index contributed by atoms with van der Waals surface area (Å²) >= 11 is 0. The Morgan fingerprint density at radius 1 is 1.24 bits per heavy atom. The number of hydrogen-bond acceptors (Lipinski definition) is 4. The summed E-state index contributed by atoms with van der Waals surface area (Å²) in [7, 11) is 0. The summed E-state index contributed by atoms with van der Waals surface area (Å²) in [6.45, 7) is 2.37. The number of aromatic carboxylic acids is 1. The maximum absolute atomic E-state index is 10.8. The average Bonchev–Trinajstić information content (AvgIpc) is 2.25. The quantitative estimate of drug-likeness (QED) is 0.488. The van der Waals surface area contributed by atoms with E-state index < -0.39 is 5.97 Å². The van der Waals surface area contributed by atoms with Crippen molar-refractivity contribution in [1.29, 1.82) is 0 Å². The van der Waals surface area contributed by atoms with E-state index in [1.807, 2.05) is 0 Å². The van der Waals surface area contributed by atoms with Crippen LogP contribution in [0.2, 0.25) is 0 Å². The van der Waals surface area contributed by atoms with Gasteiger partial charge in [-0.25, -0.2) is 0 Å². The second-order valence-electron chi connectivity index (χ2n) is 4.43. The molecule has 1 saturated heterocycles. The second kappa shape index (κ2) is 4.71. The maximum atomic E-state index is 10.8. The Balaban J connectivity index is 0.00000108. The third kappa shape index (κ3) is 2.04. The fraction of sp³-hybridized carbons (Fsp3) is 0.417. The Morgan fingerprint density at radius 2 is 1.94 bits per heavy atom. The molecule has 0 atom stereocenters. The number of hydrogen-bond donors (Lipinski definition) is 0. The summed E-state index contributed by atoms with van der Waals surface area (Å²) in [4.78, 5) is 10.8. The van der Waals surface area contributed by atoms with Crippen molar-refractivity contribution < 1.29 is 48.9 Å². The van der Waals surface area contributed by atoms with Crippen molar-refractivity contribution in [1.82, 2.24) is 0 Å². The summed E-state index contributed by atoms with van der Waals surface area (Å²) in [6.07, 6.45) is 0. The topological polar surface area (TPSA) is 58.6 Å². The molecule has 1 aromatic rings. The van der Waals surface area contributed by atoms with Gasteiger partial charge in [0.25, 0.3) is 0 Å². The van der Waals surface area contributed by atoms with E-state index in [0.29, 0.717) is 26.4 Å². The molecule has 2 heterocycles. The molecule has 0 N–H and O–H groups in total. The molecule has 17 heavy (non-hydrogen) atoms. The van der Waals surface area contributed by atoms with Crippen LogP contribution in [0.1, 0.15) is 21.5 Å². The van der Waals surface area contributed by atoms with Crippen LogP contribution in [0.25, 0.3) is 0 Å². The molecule has 0 unspecified atom stereocenters. The molecule has 0 radical (unpaired) electrons. The number of ether oxygens (including phenoxy) is 2. The summed E-state index contributed by atoms with van der Waals surface area (Å²) in [5, 5.41) is 10.8. The average molecular weight is 242 g/mol. The fourth-order valence-corrected chi connectivity index (χ4v) is 2.34. The molecular formula is C12H11NaO4. The monoisotopic (exact) mass is 242 g/mol. The molecule has 3 rings (SSSR count). The van der Waals surface area contributed by atoms with Gasteiger partial charge in [-0.05, 0) is 22.8 Å². The normalized spacial score (nSPS) is 20.0. The van der Waals surface area contributed by atoms with Crippen molar-refractivity contribution in [2.24, 2.45) is 0 Å². The summed E-state index contributed by atoms with van der Waals surface area (Å²) in [5.41, 5.74) is 2.21. The summed E-state index contributed by atoms with van der Waals surface area (Å²) < 4.78 is 10.7. The maximum Gasteiger partial charge on any atom is 1.00 e. The minimum atomic E-state index is -1.13. The Bertz CT molecular complexity index is 454. The second-order valence-corrected chi connectivity index (χ2v) is 4.43. The Morgan fingerprint density at radius 3 is 2.53 bits per heavy atom. The Kier molecular flexibility index (Phi) is 3.61. The SMILES string of the molecule is O=C([O-])c1ccc2c(c1)C1(COC2)COC1.[Na+]. The van der Waals surface area contributed by atoms with Crippen LogP contribution in [0, 0.1) is 0 Å². The van der Waals surface area contributed by atoms with Gasteiger partial charge in [-0.3, -0.25) is 0 Å². The van der Waals surface area contributed by atoms with E-state index in [0.717, 1.165) is 11.1 Å². The van der Waals surface area contributed by atoms with Crippen molar-refractivity contribution in [2.75, 3.05) is 19.8 Å². The molecule has 4 nitrogen and oxygen atoms in total. The van der Waals surface area contributed by atoms with Gasteiger partial charge in [0.05, 0.1) is 37.8 Å².